The Morgan fingerprint density at radius 3 is 2.61 bits per heavy atom. The molecule has 0 heterocycles. The number of ether oxygens (including phenoxy) is 1. The van der Waals surface area contributed by atoms with Gasteiger partial charge in [0.2, 0.25) is 0 Å². The maximum absolute atomic E-state index is 11.7. The molecule has 0 aliphatic rings. The van der Waals surface area contributed by atoms with Crippen LogP contribution in [0.25, 0.3) is 0 Å². The highest BCUT2D eigenvalue weighted by Crippen LogP contribution is 2.25. The minimum absolute atomic E-state index is 0.222. The van der Waals surface area contributed by atoms with Crippen LogP contribution in [0.5, 0.6) is 0 Å². The van der Waals surface area contributed by atoms with Crippen LogP contribution in [0.3, 0.4) is 0 Å². The fourth-order valence-corrected chi connectivity index (χ4v) is 1.61. The van der Waals surface area contributed by atoms with Crippen LogP contribution in [0, 0.1) is 0 Å². The number of carbonyl (C=O) groups is 2. The molecule has 98 valence electrons. The molecule has 0 saturated heterocycles. The third kappa shape index (κ3) is 4.20. The Balaban J connectivity index is 2.66. The molecule has 0 unspecified atom stereocenters. The topological polar surface area (TPSA) is 55.4 Å². The van der Waals surface area contributed by atoms with Crippen molar-refractivity contribution >= 4 is 40.8 Å². The van der Waals surface area contributed by atoms with Gasteiger partial charge in [0.1, 0.15) is 0 Å². The van der Waals surface area contributed by atoms with Crippen molar-refractivity contribution in [2.45, 2.75) is 26.4 Å². The first kappa shape index (κ1) is 14.8. The van der Waals surface area contributed by atoms with Crippen LogP contribution >= 0.6 is 23.2 Å². The second-order valence-electron chi connectivity index (χ2n) is 3.60. The number of nitrogens with one attached hydrogen (secondary N) is 1. The first-order valence-electron chi connectivity index (χ1n) is 5.39. The van der Waals surface area contributed by atoms with Crippen molar-refractivity contribution < 1.29 is 14.3 Å². The summed E-state index contributed by atoms with van der Waals surface area (Å²) in [4.78, 5) is 22.8. The Morgan fingerprint density at radius 1 is 1.39 bits per heavy atom. The largest absolute Gasteiger partial charge is 0.453 e. The van der Waals surface area contributed by atoms with Gasteiger partial charge in [0.05, 0.1) is 10.7 Å². The summed E-state index contributed by atoms with van der Waals surface area (Å²) < 4.78 is 4.88. The molecule has 1 aromatic rings. The van der Waals surface area contributed by atoms with Gasteiger partial charge in [-0.05, 0) is 25.1 Å². The lowest BCUT2D eigenvalue weighted by atomic mass is 10.3. The van der Waals surface area contributed by atoms with E-state index in [9.17, 15) is 9.59 Å². The van der Waals surface area contributed by atoms with E-state index in [4.69, 9.17) is 27.9 Å². The molecule has 1 atom stereocenters. The minimum Gasteiger partial charge on any atom is -0.453 e. The number of carbonyl (C=O) groups excluding carboxylic acids is 2. The summed E-state index contributed by atoms with van der Waals surface area (Å²) in [7, 11) is 0. The number of esters is 1. The van der Waals surface area contributed by atoms with Crippen molar-refractivity contribution in [3.8, 4) is 0 Å². The normalized spacial score (nSPS) is 11.8. The molecule has 0 aliphatic carbocycles. The van der Waals surface area contributed by atoms with Gasteiger partial charge in [-0.1, -0.05) is 30.1 Å². The van der Waals surface area contributed by atoms with Gasteiger partial charge in [-0.3, -0.25) is 9.59 Å². The summed E-state index contributed by atoms with van der Waals surface area (Å²) in [5.74, 6) is -0.874. The summed E-state index contributed by atoms with van der Waals surface area (Å²) in [6.07, 6.45) is -0.650. The van der Waals surface area contributed by atoms with E-state index >= 15 is 0 Å². The summed E-state index contributed by atoms with van der Waals surface area (Å²) in [5.41, 5.74) is 0.422. The number of halogens is 2. The molecule has 0 fully saturated rings. The van der Waals surface area contributed by atoms with Gasteiger partial charge in [-0.25, -0.2) is 0 Å². The van der Waals surface area contributed by atoms with Crippen LogP contribution < -0.4 is 5.32 Å². The molecule has 1 aromatic carbocycles. The molecule has 0 bridgehead atoms. The predicted molar refractivity (Wildman–Crippen MR) is 70.9 cm³/mol. The van der Waals surface area contributed by atoms with Crippen LogP contribution in [0.2, 0.25) is 10.0 Å². The molecule has 0 spiro atoms. The van der Waals surface area contributed by atoms with E-state index in [1.165, 1.54) is 13.0 Å². The monoisotopic (exact) mass is 289 g/mol. The second kappa shape index (κ2) is 6.61. The number of benzene rings is 1. The quantitative estimate of drug-likeness (QED) is 0.866. The van der Waals surface area contributed by atoms with Crippen molar-refractivity contribution in [1.82, 2.24) is 0 Å². The summed E-state index contributed by atoms with van der Waals surface area (Å²) in [6.45, 7) is 3.15. The van der Waals surface area contributed by atoms with E-state index in [-0.39, 0.29) is 6.42 Å². The second-order valence-corrected chi connectivity index (χ2v) is 4.44. The fourth-order valence-electron chi connectivity index (χ4n) is 1.16. The Labute approximate surface area is 115 Å². The highest BCUT2D eigenvalue weighted by atomic mass is 35.5. The molecule has 18 heavy (non-hydrogen) atoms. The van der Waals surface area contributed by atoms with Gasteiger partial charge < -0.3 is 10.1 Å². The van der Waals surface area contributed by atoms with E-state index in [0.29, 0.717) is 15.7 Å². The number of hydrogen-bond acceptors (Lipinski definition) is 3. The van der Waals surface area contributed by atoms with E-state index in [1.807, 2.05) is 0 Å². The average Bonchev–Trinajstić information content (AvgIpc) is 2.32. The molecular formula is C12H13Cl2NO3. The van der Waals surface area contributed by atoms with Crippen molar-refractivity contribution in [3.63, 3.8) is 0 Å². The average molecular weight is 290 g/mol. The minimum atomic E-state index is -0.871. The summed E-state index contributed by atoms with van der Waals surface area (Å²) in [6, 6.07) is 4.70. The van der Waals surface area contributed by atoms with Crippen LogP contribution in [0.1, 0.15) is 20.3 Å². The van der Waals surface area contributed by atoms with E-state index in [1.54, 1.807) is 19.1 Å². The van der Waals surface area contributed by atoms with Crippen molar-refractivity contribution in [3.05, 3.63) is 28.2 Å². The van der Waals surface area contributed by atoms with Crippen molar-refractivity contribution in [2.24, 2.45) is 0 Å². The molecule has 0 radical (unpaired) electrons. The molecule has 1 amide bonds. The Hall–Kier alpha value is -1.26. The Morgan fingerprint density at radius 2 is 2.06 bits per heavy atom. The third-order valence-electron chi connectivity index (χ3n) is 2.16. The van der Waals surface area contributed by atoms with Crippen LogP contribution in [-0.2, 0) is 14.3 Å². The third-order valence-corrected chi connectivity index (χ3v) is 2.70. The molecule has 4 nitrogen and oxygen atoms in total. The highest BCUT2D eigenvalue weighted by Gasteiger charge is 2.17. The fraction of sp³-hybridized carbons (Fsp3) is 0.333. The van der Waals surface area contributed by atoms with Crippen molar-refractivity contribution in [2.75, 3.05) is 5.32 Å². The summed E-state index contributed by atoms with van der Waals surface area (Å²) in [5, 5.41) is 3.36. The number of amides is 1. The molecular weight excluding hydrogens is 277 g/mol. The molecule has 0 aromatic heterocycles. The summed E-state index contributed by atoms with van der Waals surface area (Å²) >= 11 is 11.6. The molecule has 0 aliphatic heterocycles. The molecule has 6 heteroatoms. The highest BCUT2D eigenvalue weighted by molar-refractivity contribution is 6.36. The SMILES string of the molecule is CCC(=O)O[C@@H](C)C(=O)Nc1ccc(Cl)cc1Cl. The van der Waals surface area contributed by atoms with E-state index in [0.717, 1.165) is 0 Å². The first-order chi connectivity index (χ1) is 8.43. The van der Waals surface area contributed by atoms with Gasteiger partial charge in [0.25, 0.3) is 5.91 Å². The predicted octanol–water partition coefficient (Wildman–Crippen LogP) is 3.27. The van der Waals surface area contributed by atoms with Crippen LogP contribution in [-0.4, -0.2) is 18.0 Å². The van der Waals surface area contributed by atoms with E-state index < -0.39 is 18.0 Å². The van der Waals surface area contributed by atoms with Gasteiger partial charge in [0, 0.05) is 11.4 Å². The number of anilines is 1. The Bertz CT molecular complexity index is 463. The molecule has 1 rings (SSSR count). The molecule has 1 N–H and O–H groups in total. The first-order valence-corrected chi connectivity index (χ1v) is 6.15. The standard InChI is InChI=1S/C12H13Cl2NO3/c1-3-11(16)18-7(2)12(17)15-10-5-4-8(13)6-9(10)14/h4-7H,3H2,1-2H3,(H,15,17)/t7-/m0/s1. The zero-order valence-electron chi connectivity index (χ0n) is 10.00. The van der Waals surface area contributed by atoms with E-state index in [2.05, 4.69) is 5.32 Å². The zero-order valence-corrected chi connectivity index (χ0v) is 11.5. The number of rotatable bonds is 4. The molecule has 0 saturated carbocycles. The lowest BCUT2D eigenvalue weighted by molar-refractivity contribution is -0.152. The maximum Gasteiger partial charge on any atom is 0.306 e. The lowest BCUT2D eigenvalue weighted by Crippen LogP contribution is -2.29. The Kier molecular flexibility index (Phi) is 5.44. The van der Waals surface area contributed by atoms with Crippen LogP contribution in [0.15, 0.2) is 18.2 Å². The van der Waals surface area contributed by atoms with Crippen LogP contribution in [0.4, 0.5) is 5.69 Å². The zero-order chi connectivity index (χ0) is 13.7. The maximum atomic E-state index is 11.7. The van der Waals surface area contributed by atoms with Gasteiger partial charge in [-0.2, -0.15) is 0 Å². The van der Waals surface area contributed by atoms with Gasteiger partial charge in [0.15, 0.2) is 6.10 Å². The lowest BCUT2D eigenvalue weighted by Gasteiger charge is -2.13. The van der Waals surface area contributed by atoms with Gasteiger partial charge in [-0.15, -0.1) is 0 Å². The van der Waals surface area contributed by atoms with Crippen molar-refractivity contribution in [1.29, 1.82) is 0 Å². The smallest absolute Gasteiger partial charge is 0.306 e. The number of hydrogen-bond donors (Lipinski definition) is 1. The van der Waals surface area contributed by atoms with Gasteiger partial charge >= 0.3 is 5.97 Å².